The maximum atomic E-state index is 12.2. The van der Waals surface area contributed by atoms with Gasteiger partial charge < -0.3 is 15.1 Å². The quantitative estimate of drug-likeness (QED) is 0.736. The fourth-order valence-electron chi connectivity index (χ4n) is 2.71. The molecule has 2 amide bonds. The lowest BCUT2D eigenvalue weighted by atomic mass is 9.87. The Balaban J connectivity index is 1.57. The molecule has 0 radical (unpaired) electrons. The molecule has 1 aromatic heterocycles. The summed E-state index contributed by atoms with van der Waals surface area (Å²) in [6, 6.07) is 12.6. The Labute approximate surface area is 158 Å². The number of anilines is 1. The van der Waals surface area contributed by atoms with Crippen LogP contribution in [-0.4, -0.2) is 23.3 Å². The van der Waals surface area contributed by atoms with Crippen LogP contribution < -0.4 is 10.6 Å². The summed E-state index contributed by atoms with van der Waals surface area (Å²) in [5.74, 6) is -0.0320. The van der Waals surface area contributed by atoms with Gasteiger partial charge in [-0.15, -0.1) is 0 Å². The highest BCUT2D eigenvalue weighted by molar-refractivity contribution is 5.99. The summed E-state index contributed by atoms with van der Waals surface area (Å²) in [6.07, 6.45) is 0. The molecule has 0 bridgehead atoms. The molecule has 0 aliphatic carbocycles. The van der Waals surface area contributed by atoms with E-state index >= 15 is 0 Å². The van der Waals surface area contributed by atoms with Crippen molar-refractivity contribution in [1.29, 1.82) is 0 Å². The van der Waals surface area contributed by atoms with E-state index in [1.54, 1.807) is 37.3 Å². The molecule has 0 spiro atoms. The first-order valence-corrected chi connectivity index (χ1v) is 8.78. The molecule has 1 heterocycles. The van der Waals surface area contributed by atoms with E-state index in [9.17, 15) is 9.59 Å². The molecule has 0 fully saturated rings. The van der Waals surface area contributed by atoms with Crippen molar-refractivity contribution in [2.75, 3.05) is 11.9 Å². The maximum Gasteiger partial charge on any atom is 0.251 e. The lowest BCUT2D eigenvalue weighted by molar-refractivity contribution is -0.115. The fraction of sp³-hybridized carbons (Fsp3) is 0.286. The summed E-state index contributed by atoms with van der Waals surface area (Å²) in [7, 11) is 0. The minimum atomic E-state index is -0.315. The third-order valence-corrected chi connectivity index (χ3v) is 4.20. The van der Waals surface area contributed by atoms with Crippen LogP contribution in [-0.2, 0) is 10.2 Å². The van der Waals surface area contributed by atoms with Crippen molar-refractivity contribution in [3.63, 3.8) is 0 Å². The highest BCUT2D eigenvalue weighted by Crippen LogP contribution is 2.22. The van der Waals surface area contributed by atoms with Crippen LogP contribution in [0.5, 0.6) is 0 Å². The number of amides is 2. The summed E-state index contributed by atoms with van der Waals surface area (Å²) in [5.41, 5.74) is 3.63. The number of carbonyl (C=O) groups excluding carboxylic acids is 2. The van der Waals surface area contributed by atoms with Gasteiger partial charge in [-0.3, -0.25) is 9.59 Å². The zero-order valence-electron chi connectivity index (χ0n) is 15.9. The second-order valence-electron chi connectivity index (χ2n) is 7.47. The molecule has 3 rings (SSSR count). The number of benzene rings is 2. The number of rotatable bonds is 4. The predicted molar refractivity (Wildman–Crippen MR) is 105 cm³/mol. The maximum absolute atomic E-state index is 12.2. The summed E-state index contributed by atoms with van der Waals surface area (Å²) >= 11 is 0. The van der Waals surface area contributed by atoms with Crippen LogP contribution in [0.25, 0.3) is 11.1 Å². The van der Waals surface area contributed by atoms with Crippen LogP contribution in [0.3, 0.4) is 0 Å². The summed E-state index contributed by atoms with van der Waals surface area (Å²) < 4.78 is 5.45. The minimum Gasteiger partial charge on any atom is -0.441 e. The molecule has 0 atom stereocenters. The molecule has 2 N–H and O–H groups in total. The van der Waals surface area contributed by atoms with E-state index in [4.69, 9.17) is 4.42 Å². The van der Waals surface area contributed by atoms with E-state index in [-0.39, 0.29) is 23.8 Å². The first-order chi connectivity index (χ1) is 12.7. The number of fused-ring (bicyclic) bond motifs is 1. The molecule has 3 aromatic rings. The van der Waals surface area contributed by atoms with E-state index in [0.717, 1.165) is 11.1 Å². The van der Waals surface area contributed by atoms with Crippen LogP contribution in [0, 0.1) is 6.92 Å². The molecule has 140 valence electrons. The van der Waals surface area contributed by atoms with Crippen molar-refractivity contribution < 1.29 is 14.0 Å². The highest BCUT2D eigenvalue weighted by atomic mass is 16.3. The third kappa shape index (κ3) is 4.53. The Hall–Kier alpha value is -3.15. The van der Waals surface area contributed by atoms with Crippen LogP contribution in [0.15, 0.2) is 46.9 Å². The molecule has 27 heavy (non-hydrogen) atoms. The van der Waals surface area contributed by atoms with E-state index < -0.39 is 0 Å². The second kappa shape index (κ2) is 7.23. The van der Waals surface area contributed by atoms with Gasteiger partial charge in [0.25, 0.3) is 5.91 Å². The van der Waals surface area contributed by atoms with Gasteiger partial charge in [-0.1, -0.05) is 32.9 Å². The lowest BCUT2D eigenvalue weighted by Gasteiger charge is -2.19. The Morgan fingerprint density at radius 3 is 2.44 bits per heavy atom. The topological polar surface area (TPSA) is 84.2 Å². The van der Waals surface area contributed by atoms with Gasteiger partial charge in [-0.2, -0.15) is 0 Å². The van der Waals surface area contributed by atoms with Crippen molar-refractivity contribution >= 4 is 28.6 Å². The van der Waals surface area contributed by atoms with E-state index in [1.807, 2.05) is 12.1 Å². The standard InChI is InChI=1S/C21H23N3O3/c1-13-23-17-10-9-16(11-18(17)27-13)24-19(25)12-22-20(26)14-5-7-15(8-6-14)21(2,3)4/h5-11H,12H2,1-4H3,(H,22,26)(H,24,25). The molecular weight excluding hydrogens is 342 g/mol. The van der Waals surface area contributed by atoms with Crippen molar-refractivity contribution in [2.24, 2.45) is 0 Å². The third-order valence-electron chi connectivity index (χ3n) is 4.20. The Morgan fingerprint density at radius 1 is 1.07 bits per heavy atom. The van der Waals surface area contributed by atoms with Crippen LogP contribution in [0.4, 0.5) is 5.69 Å². The molecule has 0 saturated carbocycles. The van der Waals surface area contributed by atoms with Gasteiger partial charge >= 0.3 is 0 Å². The summed E-state index contributed by atoms with van der Waals surface area (Å²) in [5, 5.41) is 5.37. The van der Waals surface area contributed by atoms with Crippen molar-refractivity contribution in [3.8, 4) is 0 Å². The lowest BCUT2D eigenvalue weighted by Crippen LogP contribution is -2.32. The highest BCUT2D eigenvalue weighted by Gasteiger charge is 2.15. The Bertz CT molecular complexity index is 982. The first-order valence-electron chi connectivity index (χ1n) is 8.78. The van der Waals surface area contributed by atoms with Gasteiger partial charge in [0, 0.05) is 24.2 Å². The SMILES string of the molecule is Cc1nc2ccc(NC(=O)CNC(=O)c3ccc(C(C)(C)C)cc3)cc2o1. The molecule has 2 aromatic carbocycles. The smallest absolute Gasteiger partial charge is 0.251 e. The average Bonchev–Trinajstić information content (AvgIpc) is 2.98. The number of oxazole rings is 1. The summed E-state index contributed by atoms with van der Waals surface area (Å²) in [4.78, 5) is 28.5. The number of nitrogens with zero attached hydrogens (tertiary/aromatic N) is 1. The van der Waals surface area contributed by atoms with Gasteiger partial charge in [0.1, 0.15) is 5.52 Å². The molecule has 0 saturated heterocycles. The molecule has 0 unspecified atom stereocenters. The van der Waals surface area contributed by atoms with Crippen LogP contribution in [0.1, 0.15) is 42.6 Å². The summed E-state index contributed by atoms with van der Waals surface area (Å²) in [6.45, 7) is 7.99. The molecule has 6 nitrogen and oxygen atoms in total. The number of aryl methyl sites for hydroxylation is 1. The normalized spacial score (nSPS) is 11.4. The Kier molecular flexibility index (Phi) is 4.99. The predicted octanol–water partition coefficient (Wildman–Crippen LogP) is 3.80. The average molecular weight is 365 g/mol. The van der Waals surface area contributed by atoms with Crippen LogP contribution >= 0.6 is 0 Å². The van der Waals surface area contributed by atoms with Gasteiger partial charge in [0.15, 0.2) is 11.5 Å². The number of nitrogens with one attached hydrogen (secondary N) is 2. The van der Waals surface area contributed by atoms with Gasteiger partial charge in [0.2, 0.25) is 5.91 Å². The van der Waals surface area contributed by atoms with Crippen molar-refractivity contribution in [2.45, 2.75) is 33.1 Å². The number of hydrogen-bond donors (Lipinski definition) is 2. The number of aromatic nitrogens is 1. The monoisotopic (exact) mass is 365 g/mol. The van der Waals surface area contributed by atoms with Gasteiger partial charge in [0.05, 0.1) is 6.54 Å². The van der Waals surface area contributed by atoms with Gasteiger partial charge in [-0.05, 0) is 35.2 Å². The molecule has 6 heteroatoms. The van der Waals surface area contributed by atoms with Crippen molar-refractivity contribution in [1.82, 2.24) is 10.3 Å². The number of carbonyl (C=O) groups is 2. The van der Waals surface area contributed by atoms with E-state index in [1.165, 1.54) is 0 Å². The van der Waals surface area contributed by atoms with E-state index in [2.05, 4.69) is 36.4 Å². The van der Waals surface area contributed by atoms with Gasteiger partial charge in [-0.25, -0.2) is 4.98 Å². The molecular formula is C21H23N3O3. The number of hydrogen-bond acceptors (Lipinski definition) is 4. The van der Waals surface area contributed by atoms with E-state index in [0.29, 0.717) is 22.7 Å². The zero-order chi connectivity index (χ0) is 19.6. The fourth-order valence-corrected chi connectivity index (χ4v) is 2.71. The minimum absolute atomic E-state index is 0.0258. The Morgan fingerprint density at radius 2 is 1.78 bits per heavy atom. The molecule has 0 aliphatic rings. The largest absolute Gasteiger partial charge is 0.441 e. The van der Waals surface area contributed by atoms with Crippen molar-refractivity contribution in [3.05, 3.63) is 59.5 Å². The first kappa shape index (κ1) is 18.6. The molecule has 0 aliphatic heterocycles. The van der Waals surface area contributed by atoms with Crippen LogP contribution in [0.2, 0.25) is 0 Å². The zero-order valence-corrected chi connectivity index (χ0v) is 15.9. The second-order valence-corrected chi connectivity index (χ2v) is 7.47.